The standard InChI is InChI=1S/C48H31N3O/c49-32-33-27-37(29-38(28-33)45-31-44(34-15-5-1-6-16-34)50-47(51-45)35-17-7-2-8-18-35)36-25-26-42-41-23-13-14-24-43(41)48(52-46(42)30-36,39-19-9-3-10-20-39)40-21-11-4-12-22-40/h1-31H. The van der Waals surface area contributed by atoms with E-state index in [4.69, 9.17) is 14.7 Å². The molecule has 0 spiro atoms. The third-order valence-electron chi connectivity index (χ3n) is 9.72. The lowest BCUT2D eigenvalue weighted by atomic mass is 9.75. The average molecular weight is 666 g/mol. The molecule has 1 aliphatic rings. The zero-order valence-electron chi connectivity index (χ0n) is 28.1. The Kier molecular flexibility index (Phi) is 7.72. The molecule has 0 saturated carbocycles. The number of aromatic nitrogens is 2. The van der Waals surface area contributed by atoms with E-state index in [1.807, 2.05) is 91.0 Å². The van der Waals surface area contributed by atoms with Gasteiger partial charge in [-0.15, -0.1) is 0 Å². The second kappa shape index (κ2) is 13.0. The first-order valence-corrected chi connectivity index (χ1v) is 17.3. The molecule has 0 bridgehead atoms. The van der Waals surface area contributed by atoms with Gasteiger partial charge in [-0.25, -0.2) is 9.97 Å². The monoisotopic (exact) mass is 665 g/mol. The molecular formula is C48H31N3O. The van der Waals surface area contributed by atoms with Gasteiger partial charge in [0.1, 0.15) is 5.75 Å². The van der Waals surface area contributed by atoms with Gasteiger partial charge in [-0.05, 0) is 47.0 Å². The molecule has 0 amide bonds. The number of fused-ring (bicyclic) bond motifs is 3. The highest BCUT2D eigenvalue weighted by atomic mass is 16.5. The van der Waals surface area contributed by atoms with E-state index in [1.165, 1.54) is 0 Å². The first-order valence-electron chi connectivity index (χ1n) is 17.3. The van der Waals surface area contributed by atoms with E-state index in [-0.39, 0.29) is 0 Å². The predicted molar refractivity (Wildman–Crippen MR) is 207 cm³/mol. The normalized spacial score (nSPS) is 12.5. The van der Waals surface area contributed by atoms with Gasteiger partial charge in [0.15, 0.2) is 11.4 Å². The summed E-state index contributed by atoms with van der Waals surface area (Å²) in [6.07, 6.45) is 0. The summed E-state index contributed by atoms with van der Waals surface area (Å²) in [6.45, 7) is 0. The number of hydrogen-bond donors (Lipinski definition) is 0. The fourth-order valence-electron chi connectivity index (χ4n) is 7.27. The van der Waals surface area contributed by atoms with Crippen molar-refractivity contribution in [3.8, 4) is 68.0 Å². The van der Waals surface area contributed by atoms with E-state index in [2.05, 4.69) is 103 Å². The lowest BCUT2D eigenvalue weighted by Crippen LogP contribution is -2.38. The number of benzene rings is 7. The highest BCUT2D eigenvalue weighted by Crippen LogP contribution is 2.52. The maximum atomic E-state index is 10.3. The van der Waals surface area contributed by atoms with Gasteiger partial charge in [0.05, 0.1) is 23.0 Å². The van der Waals surface area contributed by atoms with E-state index in [0.717, 1.165) is 72.8 Å². The molecule has 8 aromatic rings. The second-order valence-corrected chi connectivity index (χ2v) is 12.9. The summed E-state index contributed by atoms with van der Waals surface area (Å²) >= 11 is 0. The first-order chi connectivity index (χ1) is 25.7. The second-order valence-electron chi connectivity index (χ2n) is 12.9. The largest absolute Gasteiger partial charge is 0.472 e. The fraction of sp³-hybridized carbons (Fsp3) is 0.0208. The zero-order chi connectivity index (χ0) is 34.9. The average Bonchev–Trinajstić information content (AvgIpc) is 3.24. The molecule has 0 N–H and O–H groups in total. The van der Waals surface area contributed by atoms with Crippen LogP contribution < -0.4 is 4.74 Å². The summed E-state index contributed by atoms with van der Waals surface area (Å²) in [7, 11) is 0. The molecule has 0 aliphatic carbocycles. The van der Waals surface area contributed by atoms with Crippen LogP contribution in [0.1, 0.15) is 22.3 Å². The lowest BCUT2D eigenvalue weighted by molar-refractivity contribution is 0.152. The molecule has 0 atom stereocenters. The number of hydrogen-bond acceptors (Lipinski definition) is 4. The van der Waals surface area contributed by atoms with Crippen molar-refractivity contribution in [2.75, 3.05) is 0 Å². The Morgan fingerprint density at radius 3 is 1.65 bits per heavy atom. The maximum Gasteiger partial charge on any atom is 0.185 e. The Labute approximate surface area is 303 Å². The van der Waals surface area contributed by atoms with E-state index < -0.39 is 5.60 Å². The Hall–Kier alpha value is -7.09. The van der Waals surface area contributed by atoms with Gasteiger partial charge in [-0.1, -0.05) is 158 Å². The third-order valence-corrected chi connectivity index (χ3v) is 9.72. The molecule has 4 heteroatoms. The Balaban J connectivity index is 1.21. The molecule has 0 fully saturated rings. The Bertz CT molecular complexity index is 2500. The molecule has 4 nitrogen and oxygen atoms in total. The summed E-state index contributed by atoms with van der Waals surface area (Å²) in [5.41, 5.74) is 11.1. The van der Waals surface area contributed by atoms with Gasteiger partial charge in [0, 0.05) is 38.9 Å². The summed E-state index contributed by atoms with van der Waals surface area (Å²) in [6, 6.07) is 66.2. The Morgan fingerprint density at radius 2 is 1.00 bits per heavy atom. The third kappa shape index (κ3) is 5.42. The van der Waals surface area contributed by atoms with Gasteiger partial charge >= 0.3 is 0 Å². The van der Waals surface area contributed by atoms with Crippen molar-refractivity contribution in [2.45, 2.75) is 5.60 Å². The van der Waals surface area contributed by atoms with Crippen LogP contribution in [0, 0.1) is 11.3 Å². The quantitative estimate of drug-likeness (QED) is 0.177. The minimum atomic E-state index is -0.868. The molecule has 9 rings (SSSR count). The van der Waals surface area contributed by atoms with Gasteiger partial charge in [0.2, 0.25) is 0 Å². The summed E-state index contributed by atoms with van der Waals surface area (Å²) in [5, 5.41) is 10.3. The van der Waals surface area contributed by atoms with Crippen LogP contribution in [-0.4, -0.2) is 9.97 Å². The van der Waals surface area contributed by atoms with Gasteiger partial charge in [0.25, 0.3) is 0 Å². The molecule has 52 heavy (non-hydrogen) atoms. The van der Waals surface area contributed by atoms with E-state index >= 15 is 0 Å². The van der Waals surface area contributed by atoms with Crippen molar-refractivity contribution >= 4 is 0 Å². The molecule has 0 unspecified atom stereocenters. The van der Waals surface area contributed by atoms with E-state index in [9.17, 15) is 5.26 Å². The minimum Gasteiger partial charge on any atom is -0.472 e. The van der Waals surface area contributed by atoms with Crippen LogP contribution in [-0.2, 0) is 5.60 Å². The van der Waals surface area contributed by atoms with Crippen LogP contribution in [0.15, 0.2) is 188 Å². The predicted octanol–water partition coefficient (Wildman–Crippen LogP) is 11.4. The highest BCUT2D eigenvalue weighted by molar-refractivity contribution is 5.84. The maximum absolute atomic E-state index is 10.3. The molecule has 7 aromatic carbocycles. The van der Waals surface area contributed by atoms with Gasteiger partial charge in [-0.3, -0.25) is 0 Å². The van der Waals surface area contributed by atoms with Crippen LogP contribution in [0.4, 0.5) is 0 Å². The van der Waals surface area contributed by atoms with Crippen molar-refractivity contribution in [1.29, 1.82) is 5.26 Å². The Morgan fingerprint density at radius 1 is 0.442 bits per heavy atom. The minimum absolute atomic E-state index is 0.542. The number of nitriles is 1. The van der Waals surface area contributed by atoms with Crippen molar-refractivity contribution < 1.29 is 4.74 Å². The smallest absolute Gasteiger partial charge is 0.185 e. The van der Waals surface area contributed by atoms with Crippen molar-refractivity contribution in [2.24, 2.45) is 0 Å². The van der Waals surface area contributed by atoms with Crippen molar-refractivity contribution in [3.63, 3.8) is 0 Å². The number of ether oxygens (including phenoxy) is 1. The molecule has 2 heterocycles. The van der Waals surface area contributed by atoms with E-state index in [1.54, 1.807) is 0 Å². The topological polar surface area (TPSA) is 58.8 Å². The van der Waals surface area contributed by atoms with Gasteiger partial charge in [-0.2, -0.15) is 5.26 Å². The lowest BCUT2D eigenvalue weighted by Gasteiger charge is -2.41. The molecule has 1 aliphatic heterocycles. The van der Waals surface area contributed by atoms with Crippen molar-refractivity contribution in [3.05, 3.63) is 210 Å². The fourth-order valence-corrected chi connectivity index (χ4v) is 7.27. The number of nitrogens with zero attached hydrogens (tertiary/aromatic N) is 3. The van der Waals surface area contributed by atoms with Gasteiger partial charge < -0.3 is 4.74 Å². The summed E-state index contributed by atoms with van der Waals surface area (Å²) in [4.78, 5) is 10.0. The van der Waals surface area contributed by atoms with E-state index in [0.29, 0.717) is 11.4 Å². The van der Waals surface area contributed by atoms with Crippen molar-refractivity contribution in [1.82, 2.24) is 9.97 Å². The molecule has 1 aromatic heterocycles. The number of rotatable bonds is 6. The van der Waals surface area contributed by atoms with Crippen LogP contribution >= 0.6 is 0 Å². The SMILES string of the molecule is N#Cc1cc(-c2ccc3c(c2)OC(c2ccccc2)(c2ccccc2)c2ccccc2-3)cc(-c2cc(-c3ccccc3)nc(-c3ccccc3)n2)c1. The summed E-state index contributed by atoms with van der Waals surface area (Å²) in [5.74, 6) is 1.40. The summed E-state index contributed by atoms with van der Waals surface area (Å²) < 4.78 is 7.30. The van der Waals surface area contributed by atoms with Crippen LogP contribution in [0.2, 0.25) is 0 Å². The highest BCUT2D eigenvalue weighted by Gasteiger charge is 2.44. The zero-order valence-corrected chi connectivity index (χ0v) is 28.1. The van der Waals surface area contributed by atoms with Crippen LogP contribution in [0.5, 0.6) is 5.75 Å². The van der Waals surface area contributed by atoms with Crippen LogP contribution in [0.3, 0.4) is 0 Å². The molecular weight excluding hydrogens is 635 g/mol. The molecule has 0 saturated heterocycles. The van der Waals surface area contributed by atoms with Crippen LogP contribution in [0.25, 0.3) is 56.2 Å². The molecule has 244 valence electrons. The molecule has 0 radical (unpaired) electrons. The first kappa shape index (κ1) is 30.9.